The third-order valence-corrected chi connectivity index (χ3v) is 3.75. The van der Waals surface area contributed by atoms with E-state index in [1.807, 2.05) is 35.3 Å². The molecule has 2 heterocycles. The number of aromatic nitrogens is 1. The molecule has 0 saturated carbocycles. The van der Waals surface area contributed by atoms with Gasteiger partial charge in [0.05, 0.1) is 6.61 Å². The maximum atomic E-state index is 5.28. The lowest BCUT2D eigenvalue weighted by Crippen LogP contribution is -2.43. The van der Waals surface area contributed by atoms with E-state index in [0.717, 1.165) is 19.6 Å². The minimum atomic E-state index is 0.601. The van der Waals surface area contributed by atoms with Crippen LogP contribution in [0.25, 0.3) is 0 Å². The van der Waals surface area contributed by atoms with Crippen molar-refractivity contribution in [3.05, 3.63) is 30.1 Å². The quantitative estimate of drug-likeness (QED) is 0.767. The highest BCUT2D eigenvalue weighted by Gasteiger charge is 2.21. The lowest BCUT2D eigenvalue weighted by atomic mass is 10.0. The highest BCUT2D eigenvalue weighted by Crippen LogP contribution is 2.18. The first-order chi connectivity index (χ1) is 8.40. The maximum absolute atomic E-state index is 5.28. The number of pyridine rings is 1. The van der Waals surface area contributed by atoms with Crippen LogP contribution in [-0.2, 0) is 9.49 Å². The molecular formula is C13H19IN2O. The smallest absolute Gasteiger partial charge is 0.109 e. The van der Waals surface area contributed by atoms with Crippen molar-refractivity contribution in [3.63, 3.8) is 0 Å². The molecule has 0 N–H and O–H groups in total. The summed E-state index contributed by atoms with van der Waals surface area (Å²) < 4.78 is 5.28. The first-order valence-corrected chi connectivity index (χ1v) is 7.15. The molecule has 17 heavy (non-hydrogen) atoms. The largest absolute Gasteiger partial charge is 0.314 e. The molecule has 1 fully saturated rings. The Hall–Kier alpha value is -0.200. The van der Waals surface area contributed by atoms with Crippen LogP contribution in [0, 0.1) is 0 Å². The SMILES string of the molecule is IOC[C@@H]1CCCCN1CCc1ccccn1. The molecule has 0 amide bonds. The van der Waals surface area contributed by atoms with Gasteiger partial charge in [-0.3, -0.25) is 9.88 Å². The number of hydrogen-bond donors (Lipinski definition) is 0. The first kappa shape index (κ1) is 13.2. The van der Waals surface area contributed by atoms with Crippen molar-refractivity contribution in [2.45, 2.75) is 31.7 Å². The summed E-state index contributed by atoms with van der Waals surface area (Å²) >= 11 is 2.00. The molecule has 1 atom stereocenters. The number of nitrogens with zero attached hydrogens (tertiary/aromatic N) is 2. The molecule has 0 radical (unpaired) electrons. The van der Waals surface area contributed by atoms with E-state index in [0.29, 0.717) is 6.04 Å². The molecule has 0 aliphatic carbocycles. The number of halogens is 1. The first-order valence-electron chi connectivity index (χ1n) is 6.27. The van der Waals surface area contributed by atoms with E-state index < -0.39 is 0 Å². The molecule has 0 spiro atoms. The van der Waals surface area contributed by atoms with Gasteiger partial charge in [0.15, 0.2) is 0 Å². The van der Waals surface area contributed by atoms with Crippen LogP contribution in [0.5, 0.6) is 0 Å². The lowest BCUT2D eigenvalue weighted by Gasteiger charge is -2.34. The average molecular weight is 346 g/mol. The molecule has 1 aliphatic rings. The van der Waals surface area contributed by atoms with Gasteiger partial charge in [0.2, 0.25) is 0 Å². The Morgan fingerprint density at radius 3 is 3.12 bits per heavy atom. The molecule has 1 aromatic heterocycles. The van der Waals surface area contributed by atoms with Crippen molar-refractivity contribution in [2.24, 2.45) is 0 Å². The minimum Gasteiger partial charge on any atom is -0.314 e. The van der Waals surface area contributed by atoms with Crippen molar-refractivity contribution < 1.29 is 3.07 Å². The lowest BCUT2D eigenvalue weighted by molar-refractivity contribution is 0.117. The van der Waals surface area contributed by atoms with Gasteiger partial charge < -0.3 is 3.07 Å². The second-order valence-electron chi connectivity index (χ2n) is 4.53. The van der Waals surface area contributed by atoms with E-state index >= 15 is 0 Å². The van der Waals surface area contributed by atoms with Gasteiger partial charge in [-0.15, -0.1) is 0 Å². The zero-order valence-corrected chi connectivity index (χ0v) is 12.2. The Kier molecular flexibility index (Phi) is 5.67. The predicted octanol–water partition coefficient (Wildman–Crippen LogP) is 2.85. The molecule has 4 heteroatoms. The zero-order chi connectivity index (χ0) is 11.9. The van der Waals surface area contributed by atoms with Gasteiger partial charge >= 0.3 is 0 Å². The maximum Gasteiger partial charge on any atom is 0.109 e. The summed E-state index contributed by atoms with van der Waals surface area (Å²) in [7, 11) is 0. The van der Waals surface area contributed by atoms with Crippen molar-refractivity contribution in [2.75, 3.05) is 19.7 Å². The molecule has 1 aromatic rings. The van der Waals surface area contributed by atoms with Gasteiger partial charge in [-0.2, -0.15) is 0 Å². The van der Waals surface area contributed by atoms with E-state index in [2.05, 4.69) is 22.0 Å². The molecule has 1 aliphatic heterocycles. The van der Waals surface area contributed by atoms with Crippen molar-refractivity contribution in [1.82, 2.24) is 9.88 Å². The van der Waals surface area contributed by atoms with Crippen LogP contribution >= 0.6 is 23.0 Å². The van der Waals surface area contributed by atoms with Crippen LogP contribution in [0.3, 0.4) is 0 Å². The number of likely N-dealkylation sites (tertiary alicyclic amines) is 1. The summed E-state index contributed by atoms with van der Waals surface area (Å²) in [5.74, 6) is 0. The molecule has 0 aromatic carbocycles. The molecular weight excluding hydrogens is 327 g/mol. The number of rotatable bonds is 5. The van der Waals surface area contributed by atoms with Crippen LogP contribution in [0.4, 0.5) is 0 Å². The fourth-order valence-corrected chi connectivity index (χ4v) is 2.84. The van der Waals surface area contributed by atoms with Gasteiger partial charge in [0, 0.05) is 30.9 Å². The summed E-state index contributed by atoms with van der Waals surface area (Å²) in [6, 6.07) is 6.74. The molecule has 2 rings (SSSR count). The van der Waals surface area contributed by atoms with Crippen molar-refractivity contribution in [3.8, 4) is 0 Å². The second kappa shape index (κ2) is 7.28. The molecule has 1 saturated heterocycles. The summed E-state index contributed by atoms with van der Waals surface area (Å²) in [6.07, 6.45) is 6.84. The highest BCUT2D eigenvalue weighted by atomic mass is 127. The molecule has 3 nitrogen and oxygen atoms in total. The Morgan fingerprint density at radius 2 is 2.35 bits per heavy atom. The second-order valence-corrected chi connectivity index (χ2v) is 5.16. The van der Waals surface area contributed by atoms with E-state index in [9.17, 15) is 0 Å². The van der Waals surface area contributed by atoms with Crippen LogP contribution < -0.4 is 0 Å². The van der Waals surface area contributed by atoms with Crippen LogP contribution in [0.2, 0.25) is 0 Å². The zero-order valence-electron chi connectivity index (χ0n) is 10.0. The third kappa shape index (κ3) is 4.19. The van der Waals surface area contributed by atoms with E-state index in [4.69, 9.17) is 3.07 Å². The van der Waals surface area contributed by atoms with E-state index in [1.165, 1.54) is 31.5 Å². The predicted molar refractivity (Wildman–Crippen MR) is 77.1 cm³/mol. The topological polar surface area (TPSA) is 25.4 Å². The number of piperidine rings is 1. The Bertz CT molecular complexity index is 318. The molecule has 94 valence electrons. The van der Waals surface area contributed by atoms with Crippen molar-refractivity contribution in [1.29, 1.82) is 0 Å². The molecule has 0 unspecified atom stereocenters. The van der Waals surface area contributed by atoms with Gasteiger partial charge in [-0.25, -0.2) is 0 Å². The van der Waals surface area contributed by atoms with Crippen LogP contribution in [-0.4, -0.2) is 35.6 Å². The monoisotopic (exact) mass is 346 g/mol. The molecule has 0 bridgehead atoms. The fraction of sp³-hybridized carbons (Fsp3) is 0.615. The Labute approximate surface area is 117 Å². The van der Waals surface area contributed by atoms with Crippen LogP contribution in [0.15, 0.2) is 24.4 Å². The van der Waals surface area contributed by atoms with Crippen LogP contribution in [0.1, 0.15) is 25.0 Å². The van der Waals surface area contributed by atoms with Crippen molar-refractivity contribution >= 4 is 23.0 Å². The Balaban J connectivity index is 1.84. The number of hydrogen-bond acceptors (Lipinski definition) is 3. The highest BCUT2D eigenvalue weighted by molar-refractivity contribution is 14.1. The minimum absolute atomic E-state index is 0.601. The van der Waals surface area contributed by atoms with E-state index in [1.54, 1.807) is 0 Å². The fourth-order valence-electron chi connectivity index (χ4n) is 2.42. The summed E-state index contributed by atoms with van der Waals surface area (Å²) in [4.78, 5) is 6.93. The van der Waals surface area contributed by atoms with Gasteiger partial charge in [-0.1, -0.05) is 12.5 Å². The standard InChI is InChI=1S/C13H19IN2O/c14-17-11-13-6-2-4-9-16(13)10-7-12-5-1-3-8-15-12/h1,3,5,8,13H,2,4,6-7,9-11H2/t13-/m0/s1. The summed E-state index contributed by atoms with van der Waals surface area (Å²) in [5.41, 5.74) is 1.19. The average Bonchev–Trinajstić information content (AvgIpc) is 2.39. The van der Waals surface area contributed by atoms with Gasteiger partial charge in [0.1, 0.15) is 23.0 Å². The summed E-state index contributed by atoms with van der Waals surface area (Å²) in [6.45, 7) is 3.15. The Morgan fingerprint density at radius 1 is 1.41 bits per heavy atom. The van der Waals surface area contributed by atoms with Gasteiger partial charge in [-0.05, 0) is 31.5 Å². The summed E-state index contributed by atoms with van der Waals surface area (Å²) in [5, 5.41) is 0. The van der Waals surface area contributed by atoms with E-state index in [-0.39, 0.29) is 0 Å². The third-order valence-electron chi connectivity index (χ3n) is 3.39. The normalized spacial score (nSPS) is 21.6. The van der Waals surface area contributed by atoms with Gasteiger partial charge in [0.25, 0.3) is 0 Å².